The molecule has 0 saturated heterocycles. The molecule has 3 aromatic rings. The van der Waals surface area contributed by atoms with Gasteiger partial charge in [0.2, 0.25) is 4.96 Å². The maximum atomic E-state index is 4.30. The number of hydrogen-bond acceptors (Lipinski definition) is 4. The van der Waals surface area contributed by atoms with Gasteiger partial charge in [-0.15, -0.1) is 5.10 Å². The van der Waals surface area contributed by atoms with Gasteiger partial charge in [-0.1, -0.05) is 17.4 Å². The summed E-state index contributed by atoms with van der Waals surface area (Å²) in [5.41, 5.74) is 1.79. The molecule has 0 aliphatic rings. The summed E-state index contributed by atoms with van der Waals surface area (Å²) < 4.78 is 2.61. The molecule has 0 aliphatic carbocycles. The molecule has 0 N–H and O–H groups in total. The van der Waals surface area contributed by atoms with Crippen molar-refractivity contribution in [2.45, 2.75) is 0 Å². The number of pyridine rings is 1. The summed E-state index contributed by atoms with van der Waals surface area (Å²) in [6.45, 7) is 0. The van der Waals surface area contributed by atoms with Crippen molar-refractivity contribution in [1.29, 1.82) is 0 Å². The van der Waals surface area contributed by atoms with E-state index in [1.54, 1.807) is 16.9 Å². The SMILES string of the molecule is Brc1nn2c(-c3ccccn3)cnc2s1. The summed E-state index contributed by atoms with van der Waals surface area (Å²) in [4.78, 5) is 9.40. The Hall–Kier alpha value is -1.27. The molecule has 0 unspecified atom stereocenters. The van der Waals surface area contributed by atoms with Gasteiger partial charge in [0.05, 0.1) is 11.9 Å². The third-order valence-corrected chi connectivity index (χ3v) is 3.34. The van der Waals surface area contributed by atoms with E-state index in [2.05, 4.69) is 31.0 Å². The molecular weight excluding hydrogens is 276 g/mol. The highest BCUT2D eigenvalue weighted by Gasteiger charge is 2.10. The van der Waals surface area contributed by atoms with Gasteiger partial charge in [0.25, 0.3) is 0 Å². The van der Waals surface area contributed by atoms with Crippen LogP contribution in [0.25, 0.3) is 16.3 Å². The summed E-state index contributed by atoms with van der Waals surface area (Å²) >= 11 is 4.83. The molecule has 74 valence electrons. The molecule has 3 aromatic heterocycles. The molecule has 6 heteroatoms. The second-order valence-electron chi connectivity index (χ2n) is 2.91. The first kappa shape index (κ1) is 8.99. The maximum Gasteiger partial charge on any atom is 0.213 e. The number of aromatic nitrogens is 4. The predicted octanol–water partition coefficient (Wildman–Crippen LogP) is 2.62. The van der Waals surface area contributed by atoms with Crippen molar-refractivity contribution in [2.75, 3.05) is 0 Å². The van der Waals surface area contributed by atoms with E-state index in [0.717, 1.165) is 20.3 Å². The van der Waals surface area contributed by atoms with Crippen LogP contribution in [0.2, 0.25) is 0 Å². The Morgan fingerprint density at radius 2 is 2.20 bits per heavy atom. The average Bonchev–Trinajstić information content (AvgIpc) is 2.77. The van der Waals surface area contributed by atoms with Crippen LogP contribution in [-0.2, 0) is 0 Å². The Balaban J connectivity index is 2.27. The largest absolute Gasteiger partial charge is 0.255 e. The third-order valence-electron chi connectivity index (χ3n) is 1.99. The smallest absolute Gasteiger partial charge is 0.213 e. The number of fused-ring (bicyclic) bond motifs is 1. The molecule has 0 bridgehead atoms. The van der Waals surface area contributed by atoms with E-state index < -0.39 is 0 Å². The van der Waals surface area contributed by atoms with Gasteiger partial charge < -0.3 is 0 Å². The van der Waals surface area contributed by atoms with Crippen LogP contribution in [0.4, 0.5) is 0 Å². The summed E-state index contributed by atoms with van der Waals surface area (Å²) in [5, 5.41) is 4.30. The van der Waals surface area contributed by atoms with E-state index in [4.69, 9.17) is 0 Å². The first-order chi connectivity index (χ1) is 7.34. The first-order valence-electron chi connectivity index (χ1n) is 4.26. The summed E-state index contributed by atoms with van der Waals surface area (Å²) in [5.74, 6) is 0. The van der Waals surface area contributed by atoms with E-state index in [-0.39, 0.29) is 0 Å². The molecule has 0 amide bonds. The topological polar surface area (TPSA) is 43.1 Å². The van der Waals surface area contributed by atoms with E-state index in [1.807, 2.05) is 18.2 Å². The van der Waals surface area contributed by atoms with Crippen molar-refractivity contribution in [3.63, 3.8) is 0 Å². The standard InChI is InChI=1S/C9H5BrN4S/c10-8-13-14-7(5-12-9(14)15-8)6-3-1-2-4-11-6/h1-5H. The minimum atomic E-state index is 0.822. The Labute approximate surface area is 97.7 Å². The van der Waals surface area contributed by atoms with Crippen molar-refractivity contribution in [3.8, 4) is 11.4 Å². The minimum Gasteiger partial charge on any atom is -0.255 e. The molecule has 0 atom stereocenters. The average molecular weight is 281 g/mol. The van der Waals surface area contributed by atoms with Crippen LogP contribution in [-0.4, -0.2) is 19.6 Å². The molecule has 0 fully saturated rings. The molecule has 4 nitrogen and oxygen atoms in total. The number of rotatable bonds is 1. The van der Waals surface area contributed by atoms with Crippen molar-refractivity contribution in [2.24, 2.45) is 0 Å². The lowest BCUT2D eigenvalue weighted by atomic mass is 10.3. The fourth-order valence-electron chi connectivity index (χ4n) is 1.36. The predicted molar refractivity (Wildman–Crippen MR) is 61.8 cm³/mol. The van der Waals surface area contributed by atoms with Crippen LogP contribution in [0.3, 0.4) is 0 Å². The van der Waals surface area contributed by atoms with Crippen molar-refractivity contribution >= 4 is 32.2 Å². The lowest BCUT2D eigenvalue weighted by molar-refractivity contribution is 0.960. The highest BCUT2D eigenvalue weighted by atomic mass is 79.9. The van der Waals surface area contributed by atoms with E-state index in [1.165, 1.54) is 11.3 Å². The first-order valence-corrected chi connectivity index (χ1v) is 5.87. The highest BCUT2D eigenvalue weighted by molar-refractivity contribution is 9.11. The lowest BCUT2D eigenvalue weighted by Gasteiger charge is -1.95. The molecule has 3 rings (SSSR count). The van der Waals surface area contributed by atoms with Crippen LogP contribution >= 0.6 is 27.3 Å². The van der Waals surface area contributed by atoms with Crippen LogP contribution < -0.4 is 0 Å². The van der Waals surface area contributed by atoms with E-state index >= 15 is 0 Å². The molecule has 15 heavy (non-hydrogen) atoms. The second-order valence-corrected chi connectivity index (χ2v) is 5.14. The highest BCUT2D eigenvalue weighted by Crippen LogP contribution is 2.24. The van der Waals surface area contributed by atoms with Crippen molar-refractivity contribution < 1.29 is 0 Å². The van der Waals surface area contributed by atoms with Gasteiger partial charge in [-0.3, -0.25) is 4.98 Å². The van der Waals surface area contributed by atoms with Gasteiger partial charge >= 0.3 is 0 Å². The zero-order valence-electron chi connectivity index (χ0n) is 7.46. The molecule has 0 radical (unpaired) electrons. The Morgan fingerprint density at radius 3 is 3.00 bits per heavy atom. The molecule has 0 saturated carbocycles. The number of halogens is 1. The van der Waals surface area contributed by atoms with Crippen LogP contribution in [0.1, 0.15) is 0 Å². The second kappa shape index (κ2) is 3.39. The minimum absolute atomic E-state index is 0.822. The number of hydrogen-bond donors (Lipinski definition) is 0. The molecule has 0 spiro atoms. The van der Waals surface area contributed by atoms with Gasteiger partial charge in [0.15, 0.2) is 3.92 Å². The maximum absolute atomic E-state index is 4.30. The van der Waals surface area contributed by atoms with Gasteiger partial charge in [-0.2, -0.15) is 0 Å². The number of imidazole rings is 1. The van der Waals surface area contributed by atoms with Gasteiger partial charge in [0.1, 0.15) is 5.69 Å². The number of nitrogens with zero attached hydrogens (tertiary/aromatic N) is 4. The summed E-state index contributed by atoms with van der Waals surface area (Å²) in [6.07, 6.45) is 3.55. The Morgan fingerprint density at radius 1 is 1.27 bits per heavy atom. The fourth-order valence-corrected chi connectivity index (χ4v) is 2.56. The monoisotopic (exact) mass is 280 g/mol. The van der Waals surface area contributed by atoms with Crippen molar-refractivity contribution in [3.05, 3.63) is 34.5 Å². The zero-order chi connectivity index (χ0) is 10.3. The summed E-state index contributed by atoms with van der Waals surface area (Å²) in [7, 11) is 0. The quantitative estimate of drug-likeness (QED) is 0.688. The Bertz CT molecular complexity index is 601. The van der Waals surface area contributed by atoms with Gasteiger partial charge in [0, 0.05) is 6.20 Å². The van der Waals surface area contributed by atoms with Crippen molar-refractivity contribution in [1.82, 2.24) is 19.6 Å². The molecule has 0 aromatic carbocycles. The van der Waals surface area contributed by atoms with Crippen LogP contribution in [0.15, 0.2) is 34.5 Å². The normalized spacial score (nSPS) is 11.0. The van der Waals surface area contributed by atoms with Crippen LogP contribution in [0.5, 0.6) is 0 Å². The third kappa shape index (κ3) is 1.46. The van der Waals surface area contributed by atoms with E-state index in [9.17, 15) is 0 Å². The fraction of sp³-hybridized carbons (Fsp3) is 0. The molecular formula is C9H5BrN4S. The van der Waals surface area contributed by atoms with E-state index in [0.29, 0.717) is 0 Å². The van der Waals surface area contributed by atoms with Gasteiger partial charge in [-0.05, 0) is 28.1 Å². The lowest BCUT2D eigenvalue weighted by Crippen LogP contribution is -1.89. The van der Waals surface area contributed by atoms with Crippen LogP contribution in [0, 0.1) is 0 Å². The zero-order valence-corrected chi connectivity index (χ0v) is 9.86. The molecule has 3 heterocycles. The molecule has 0 aliphatic heterocycles. The summed E-state index contributed by atoms with van der Waals surface area (Å²) in [6, 6.07) is 5.78. The Kier molecular flexibility index (Phi) is 2.03. The van der Waals surface area contributed by atoms with Gasteiger partial charge in [-0.25, -0.2) is 9.50 Å².